The first kappa shape index (κ1) is 15.4. The van der Waals surface area contributed by atoms with E-state index in [0.717, 1.165) is 11.1 Å². The Morgan fingerprint density at radius 1 is 1.00 bits per heavy atom. The summed E-state index contributed by atoms with van der Waals surface area (Å²) in [5, 5.41) is 19.8. The van der Waals surface area contributed by atoms with Crippen LogP contribution in [0.5, 0.6) is 0 Å². The molecule has 0 aromatic heterocycles. The Balaban J connectivity index is 0.000000200. The molecular weight excluding hydrogens is 254 g/mol. The van der Waals surface area contributed by atoms with E-state index in [1.807, 2.05) is 48.5 Å². The minimum atomic E-state index is -0.786. The SMILES string of the molecule is CC(=NO)c1ccccc1.O=C(O)Cc1ccccc1. The monoisotopic (exact) mass is 271 g/mol. The molecule has 2 aromatic rings. The molecule has 0 atom stereocenters. The summed E-state index contributed by atoms with van der Waals surface area (Å²) in [6.45, 7) is 1.76. The van der Waals surface area contributed by atoms with Crippen LogP contribution in [0.2, 0.25) is 0 Å². The van der Waals surface area contributed by atoms with Crippen molar-refractivity contribution in [3.63, 3.8) is 0 Å². The number of carbonyl (C=O) groups is 1. The number of carboxylic acids is 1. The fourth-order valence-corrected chi connectivity index (χ4v) is 1.51. The predicted molar refractivity (Wildman–Crippen MR) is 78.2 cm³/mol. The second-order valence-electron chi connectivity index (χ2n) is 4.11. The van der Waals surface area contributed by atoms with E-state index in [0.29, 0.717) is 5.71 Å². The van der Waals surface area contributed by atoms with Crippen molar-refractivity contribution in [1.29, 1.82) is 0 Å². The Hall–Kier alpha value is -2.62. The number of rotatable bonds is 3. The highest BCUT2D eigenvalue weighted by molar-refractivity contribution is 5.98. The van der Waals surface area contributed by atoms with E-state index in [-0.39, 0.29) is 6.42 Å². The van der Waals surface area contributed by atoms with E-state index in [1.165, 1.54) is 0 Å². The number of benzene rings is 2. The van der Waals surface area contributed by atoms with Gasteiger partial charge in [-0.05, 0) is 18.1 Å². The molecule has 0 aliphatic rings. The molecule has 0 heterocycles. The minimum absolute atomic E-state index is 0.112. The molecule has 20 heavy (non-hydrogen) atoms. The highest BCUT2D eigenvalue weighted by Gasteiger charge is 1.96. The summed E-state index contributed by atoms with van der Waals surface area (Å²) in [6, 6.07) is 18.7. The number of aliphatic carboxylic acids is 1. The molecule has 4 nitrogen and oxygen atoms in total. The lowest BCUT2D eigenvalue weighted by molar-refractivity contribution is -0.136. The molecule has 0 saturated heterocycles. The van der Waals surface area contributed by atoms with E-state index >= 15 is 0 Å². The lowest BCUT2D eigenvalue weighted by Gasteiger charge is -1.94. The standard InChI is InChI=1S/C8H9NO.C8H8O2/c1-7(9-10)8-5-3-2-4-6-8;9-8(10)6-7-4-2-1-3-5-7/h2-6,10H,1H3;1-5H,6H2,(H,9,10). The Morgan fingerprint density at radius 3 is 1.95 bits per heavy atom. The Kier molecular flexibility index (Phi) is 6.54. The topological polar surface area (TPSA) is 69.9 Å². The third-order valence-corrected chi connectivity index (χ3v) is 2.54. The highest BCUT2D eigenvalue weighted by atomic mass is 16.4. The zero-order chi connectivity index (χ0) is 14.8. The molecule has 2 N–H and O–H groups in total. The van der Waals surface area contributed by atoms with Crippen molar-refractivity contribution >= 4 is 11.7 Å². The van der Waals surface area contributed by atoms with Gasteiger partial charge in [-0.1, -0.05) is 65.8 Å². The van der Waals surface area contributed by atoms with Crippen LogP contribution in [0.25, 0.3) is 0 Å². The van der Waals surface area contributed by atoms with Crippen LogP contribution in [0.4, 0.5) is 0 Å². The lowest BCUT2D eigenvalue weighted by atomic mass is 10.1. The second-order valence-corrected chi connectivity index (χ2v) is 4.11. The van der Waals surface area contributed by atoms with Gasteiger partial charge in [0.15, 0.2) is 0 Å². The Labute approximate surface area is 118 Å². The van der Waals surface area contributed by atoms with Crippen molar-refractivity contribution in [1.82, 2.24) is 0 Å². The van der Waals surface area contributed by atoms with Crippen molar-refractivity contribution in [3.8, 4) is 0 Å². The van der Waals surface area contributed by atoms with Crippen LogP contribution in [0.15, 0.2) is 65.8 Å². The van der Waals surface area contributed by atoms with Gasteiger partial charge in [0, 0.05) is 0 Å². The van der Waals surface area contributed by atoms with Gasteiger partial charge in [0.2, 0.25) is 0 Å². The van der Waals surface area contributed by atoms with Crippen LogP contribution in [-0.4, -0.2) is 22.0 Å². The van der Waals surface area contributed by atoms with Crippen molar-refractivity contribution in [3.05, 3.63) is 71.8 Å². The average Bonchev–Trinajstić information content (AvgIpc) is 2.48. The fourth-order valence-electron chi connectivity index (χ4n) is 1.51. The first-order chi connectivity index (χ1) is 9.63. The summed E-state index contributed by atoms with van der Waals surface area (Å²) in [5.41, 5.74) is 2.43. The van der Waals surface area contributed by atoms with E-state index < -0.39 is 5.97 Å². The van der Waals surface area contributed by atoms with Gasteiger partial charge in [-0.3, -0.25) is 4.79 Å². The van der Waals surface area contributed by atoms with Crippen LogP contribution >= 0.6 is 0 Å². The summed E-state index contributed by atoms with van der Waals surface area (Å²) in [7, 11) is 0. The summed E-state index contributed by atoms with van der Waals surface area (Å²) in [4.78, 5) is 10.2. The maximum Gasteiger partial charge on any atom is 0.307 e. The summed E-state index contributed by atoms with van der Waals surface area (Å²) >= 11 is 0. The van der Waals surface area contributed by atoms with Gasteiger partial charge in [0.1, 0.15) is 0 Å². The van der Waals surface area contributed by atoms with Crippen LogP contribution in [0, 0.1) is 0 Å². The molecular formula is C16H17NO3. The molecule has 0 aliphatic heterocycles. The molecule has 0 radical (unpaired) electrons. The number of nitrogens with zero attached hydrogens (tertiary/aromatic N) is 1. The molecule has 2 aromatic carbocycles. The quantitative estimate of drug-likeness (QED) is 0.511. The van der Waals surface area contributed by atoms with Gasteiger partial charge in [0.25, 0.3) is 0 Å². The van der Waals surface area contributed by atoms with Crippen LogP contribution in [0.1, 0.15) is 18.1 Å². The van der Waals surface area contributed by atoms with E-state index in [1.54, 1.807) is 19.1 Å². The van der Waals surface area contributed by atoms with Gasteiger partial charge < -0.3 is 10.3 Å². The smallest absolute Gasteiger partial charge is 0.307 e. The summed E-state index contributed by atoms with van der Waals surface area (Å²) < 4.78 is 0. The molecule has 0 aliphatic carbocycles. The summed E-state index contributed by atoms with van der Waals surface area (Å²) in [6.07, 6.45) is 0.112. The zero-order valence-corrected chi connectivity index (χ0v) is 11.2. The third kappa shape index (κ3) is 5.82. The molecule has 0 fully saturated rings. The molecule has 0 spiro atoms. The predicted octanol–water partition coefficient (Wildman–Crippen LogP) is 3.20. The lowest BCUT2D eigenvalue weighted by Crippen LogP contribution is -1.98. The average molecular weight is 271 g/mol. The van der Waals surface area contributed by atoms with Crippen LogP contribution in [-0.2, 0) is 11.2 Å². The van der Waals surface area contributed by atoms with Gasteiger partial charge in [-0.25, -0.2) is 0 Å². The molecule has 104 valence electrons. The van der Waals surface area contributed by atoms with E-state index in [4.69, 9.17) is 10.3 Å². The van der Waals surface area contributed by atoms with Crippen LogP contribution in [0.3, 0.4) is 0 Å². The van der Waals surface area contributed by atoms with Crippen molar-refractivity contribution in [2.24, 2.45) is 5.16 Å². The number of oxime groups is 1. The van der Waals surface area contributed by atoms with Gasteiger partial charge in [-0.2, -0.15) is 0 Å². The highest BCUT2D eigenvalue weighted by Crippen LogP contribution is 1.99. The maximum atomic E-state index is 10.2. The van der Waals surface area contributed by atoms with Crippen LogP contribution < -0.4 is 0 Å². The van der Waals surface area contributed by atoms with Gasteiger partial charge >= 0.3 is 5.97 Å². The molecule has 0 unspecified atom stereocenters. The Bertz CT molecular complexity index is 550. The second kappa shape index (κ2) is 8.48. The van der Waals surface area contributed by atoms with Crippen molar-refractivity contribution in [2.45, 2.75) is 13.3 Å². The number of carboxylic acid groups (broad SMARTS) is 1. The van der Waals surface area contributed by atoms with Crippen molar-refractivity contribution < 1.29 is 15.1 Å². The van der Waals surface area contributed by atoms with E-state index in [2.05, 4.69) is 5.16 Å². The zero-order valence-electron chi connectivity index (χ0n) is 11.2. The molecule has 0 amide bonds. The number of hydrogen-bond donors (Lipinski definition) is 2. The maximum absolute atomic E-state index is 10.2. The normalized spacial score (nSPS) is 10.3. The third-order valence-electron chi connectivity index (χ3n) is 2.54. The first-order valence-electron chi connectivity index (χ1n) is 6.13. The first-order valence-corrected chi connectivity index (χ1v) is 6.13. The van der Waals surface area contributed by atoms with Gasteiger partial charge in [-0.15, -0.1) is 0 Å². The molecule has 0 bridgehead atoms. The van der Waals surface area contributed by atoms with E-state index in [9.17, 15) is 4.79 Å². The Morgan fingerprint density at radius 2 is 1.50 bits per heavy atom. The molecule has 2 rings (SSSR count). The fraction of sp³-hybridized carbons (Fsp3) is 0.125. The minimum Gasteiger partial charge on any atom is -0.481 e. The summed E-state index contributed by atoms with van der Waals surface area (Å²) in [5.74, 6) is -0.786. The number of hydrogen-bond acceptors (Lipinski definition) is 3. The van der Waals surface area contributed by atoms with Crippen molar-refractivity contribution in [2.75, 3.05) is 0 Å². The molecule has 0 saturated carbocycles. The molecule has 4 heteroatoms. The largest absolute Gasteiger partial charge is 0.481 e. The van der Waals surface area contributed by atoms with Gasteiger partial charge in [0.05, 0.1) is 12.1 Å².